The van der Waals surface area contributed by atoms with Gasteiger partial charge < -0.3 is 9.47 Å². The summed E-state index contributed by atoms with van der Waals surface area (Å²) in [5.41, 5.74) is 6.72. The first-order chi connectivity index (χ1) is 28.2. The van der Waals surface area contributed by atoms with E-state index in [9.17, 15) is 17.6 Å². The predicted molar refractivity (Wildman–Crippen MR) is 248 cm³/mol. The Bertz CT molecular complexity index is 1550. The van der Waals surface area contributed by atoms with E-state index in [1.807, 2.05) is 26.0 Å². The molecule has 7 rings (SSSR count). The van der Waals surface area contributed by atoms with Gasteiger partial charge in [0, 0.05) is 13.2 Å². The van der Waals surface area contributed by atoms with Crippen molar-refractivity contribution in [1.82, 2.24) is 0 Å². The first-order valence-electron chi connectivity index (χ1n) is 22.3. The summed E-state index contributed by atoms with van der Waals surface area (Å²) in [7, 11) is 0. The first-order valence-corrected chi connectivity index (χ1v) is 22.3. The minimum atomic E-state index is -0.736. The standard InChI is InChI=1S/C8H8F2.2C8H9F.C8H16.C8H10.2C7H14O/c1-5-3-4-6(2)8(10)7(5)9;2*1-6-3-4-7(2)8(9)5-6;2*1-7-3-5-8(2)6-4-7;2*1-6-3-4-7(2)8-5-6/h3-4H,1-2H3;2*3-5H,1-2H3;7-8H,3-6H2,1-2H3;3-6H,1-2H3;2*6-7H,3-5H2,1-2H3/t;;;;;6?,7-;6-,7?/m.....11/s1. The Morgan fingerprint density at radius 3 is 0.850 bits per heavy atom. The summed E-state index contributed by atoms with van der Waals surface area (Å²) >= 11 is 0. The van der Waals surface area contributed by atoms with E-state index in [2.05, 4.69) is 79.7 Å². The Kier molecular flexibility index (Phi) is 27.0. The lowest BCUT2D eigenvalue weighted by Gasteiger charge is -2.23. The summed E-state index contributed by atoms with van der Waals surface area (Å²) in [6.07, 6.45) is 12.1. The molecule has 1 aliphatic carbocycles. The number of halogens is 4. The Morgan fingerprint density at radius 2 is 0.617 bits per heavy atom. The molecular weight excluding hydrogens is 757 g/mol. The van der Waals surface area contributed by atoms with Crippen LogP contribution in [0.5, 0.6) is 0 Å². The van der Waals surface area contributed by atoms with Crippen molar-refractivity contribution in [2.75, 3.05) is 13.2 Å². The van der Waals surface area contributed by atoms with Gasteiger partial charge in [-0.1, -0.05) is 125 Å². The second kappa shape index (κ2) is 29.7. The van der Waals surface area contributed by atoms with Gasteiger partial charge in [-0.25, -0.2) is 17.6 Å². The fourth-order valence-corrected chi connectivity index (χ4v) is 6.23. The van der Waals surface area contributed by atoms with Gasteiger partial charge in [0.15, 0.2) is 11.6 Å². The molecule has 2 saturated heterocycles. The molecule has 1 saturated carbocycles. The minimum absolute atomic E-state index is 0.116. The quantitative estimate of drug-likeness (QED) is 0.164. The fraction of sp³-hybridized carbons (Fsp3) is 0.556. The lowest BCUT2D eigenvalue weighted by atomic mass is 9.84. The van der Waals surface area contributed by atoms with Crippen LogP contribution < -0.4 is 0 Å². The molecule has 3 aliphatic rings. The third kappa shape index (κ3) is 24.7. The lowest BCUT2D eigenvalue weighted by Crippen LogP contribution is -2.21. The van der Waals surface area contributed by atoms with Crippen LogP contribution in [0.3, 0.4) is 0 Å². The van der Waals surface area contributed by atoms with Crippen LogP contribution >= 0.6 is 0 Å². The SMILES string of the molecule is CC1CCC(C)CC1.CC1CC[C@@H](C)CO1.CC1CC[C@@H](C)OC1.Cc1ccc(C)c(F)c1.Cc1ccc(C)c(F)c1.Cc1ccc(C)c(F)c1F.Cc1ccc(C)cc1. The van der Waals surface area contributed by atoms with E-state index >= 15 is 0 Å². The number of rotatable bonds is 0. The normalized spacial score (nSPS) is 21.7. The molecule has 3 fully saturated rings. The topological polar surface area (TPSA) is 18.5 Å². The van der Waals surface area contributed by atoms with Crippen molar-refractivity contribution >= 4 is 0 Å². The van der Waals surface area contributed by atoms with E-state index in [1.165, 1.54) is 88.5 Å². The Labute approximate surface area is 363 Å². The van der Waals surface area contributed by atoms with E-state index in [4.69, 9.17) is 9.47 Å². The molecule has 4 aromatic rings. The molecule has 4 atom stereocenters. The van der Waals surface area contributed by atoms with Crippen molar-refractivity contribution in [3.05, 3.63) is 141 Å². The van der Waals surface area contributed by atoms with Crippen molar-refractivity contribution in [2.24, 2.45) is 23.7 Å². The van der Waals surface area contributed by atoms with Crippen LogP contribution in [0.15, 0.2) is 72.8 Å². The lowest BCUT2D eigenvalue weighted by molar-refractivity contribution is 0.000174. The molecule has 2 unspecified atom stereocenters. The van der Waals surface area contributed by atoms with Gasteiger partial charge in [0.1, 0.15) is 11.6 Å². The minimum Gasteiger partial charge on any atom is -0.378 e. The highest BCUT2D eigenvalue weighted by atomic mass is 19.2. The maximum absolute atomic E-state index is 12.6. The van der Waals surface area contributed by atoms with Crippen LogP contribution in [0, 0.1) is 102 Å². The zero-order chi connectivity index (χ0) is 45.4. The third-order valence-electron chi connectivity index (χ3n) is 11.1. The molecule has 0 spiro atoms. The molecule has 0 N–H and O–H groups in total. The van der Waals surface area contributed by atoms with Gasteiger partial charge in [-0.15, -0.1) is 0 Å². The second-order valence-electron chi connectivity index (χ2n) is 18.0. The van der Waals surface area contributed by atoms with Gasteiger partial charge in [-0.05, 0) is 164 Å². The highest BCUT2D eigenvalue weighted by Gasteiger charge is 2.15. The van der Waals surface area contributed by atoms with Crippen LogP contribution in [0.25, 0.3) is 0 Å². The van der Waals surface area contributed by atoms with E-state index < -0.39 is 11.6 Å². The third-order valence-corrected chi connectivity index (χ3v) is 11.1. The van der Waals surface area contributed by atoms with E-state index in [0.29, 0.717) is 34.5 Å². The maximum atomic E-state index is 12.6. The van der Waals surface area contributed by atoms with Crippen molar-refractivity contribution in [3.63, 3.8) is 0 Å². The molecule has 0 radical (unpaired) electrons. The monoisotopic (exact) mass is 837 g/mol. The molecule has 2 aliphatic heterocycles. The van der Waals surface area contributed by atoms with Crippen LogP contribution in [0.4, 0.5) is 17.6 Å². The molecule has 4 aromatic carbocycles. The number of hydrogen-bond donors (Lipinski definition) is 0. The second-order valence-corrected chi connectivity index (χ2v) is 18.0. The molecule has 60 heavy (non-hydrogen) atoms. The van der Waals surface area contributed by atoms with Gasteiger partial charge in [0.2, 0.25) is 0 Å². The molecule has 336 valence electrons. The molecule has 6 heteroatoms. The van der Waals surface area contributed by atoms with Gasteiger partial charge in [0.05, 0.1) is 12.2 Å². The van der Waals surface area contributed by atoms with E-state index in [-0.39, 0.29) is 11.6 Å². The number of hydrogen-bond acceptors (Lipinski definition) is 2. The Balaban J connectivity index is 0.000000350. The highest BCUT2D eigenvalue weighted by molar-refractivity contribution is 5.24. The fourth-order valence-electron chi connectivity index (χ4n) is 6.23. The average molecular weight is 837 g/mol. The summed E-state index contributed by atoms with van der Waals surface area (Å²) in [5.74, 6) is 1.93. The van der Waals surface area contributed by atoms with Crippen LogP contribution in [0.1, 0.15) is 137 Å². The highest BCUT2D eigenvalue weighted by Crippen LogP contribution is 2.27. The summed E-state index contributed by atoms with van der Waals surface area (Å²) < 4.78 is 61.2. The predicted octanol–water partition coefficient (Wildman–Crippen LogP) is 16.2. The number of benzene rings is 4. The van der Waals surface area contributed by atoms with E-state index in [0.717, 1.165) is 48.0 Å². The van der Waals surface area contributed by atoms with Crippen molar-refractivity contribution in [2.45, 2.75) is 161 Å². The van der Waals surface area contributed by atoms with Gasteiger partial charge in [-0.2, -0.15) is 0 Å². The molecule has 2 heterocycles. The maximum Gasteiger partial charge on any atom is 0.161 e. The average Bonchev–Trinajstić information content (AvgIpc) is 3.21. The first kappa shape index (κ1) is 54.5. The molecule has 0 bridgehead atoms. The molecule has 2 nitrogen and oxygen atoms in total. The van der Waals surface area contributed by atoms with Gasteiger partial charge in [0.25, 0.3) is 0 Å². The number of aryl methyl sites for hydroxylation is 8. The van der Waals surface area contributed by atoms with Crippen LogP contribution in [0.2, 0.25) is 0 Å². The Morgan fingerprint density at radius 1 is 0.350 bits per heavy atom. The summed E-state index contributed by atoms with van der Waals surface area (Å²) in [6, 6.07) is 22.0. The van der Waals surface area contributed by atoms with Crippen molar-refractivity contribution < 1.29 is 27.0 Å². The van der Waals surface area contributed by atoms with Crippen LogP contribution in [-0.4, -0.2) is 25.4 Å². The van der Waals surface area contributed by atoms with Crippen LogP contribution in [-0.2, 0) is 9.47 Å². The molecule has 0 aromatic heterocycles. The summed E-state index contributed by atoms with van der Waals surface area (Å²) in [6.45, 7) is 30.0. The van der Waals surface area contributed by atoms with Gasteiger partial charge in [-0.3, -0.25) is 0 Å². The molecular formula is C54H80F4O2. The summed E-state index contributed by atoms with van der Waals surface area (Å²) in [4.78, 5) is 0. The van der Waals surface area contributed by atoms with Crippen molar-refractivity contribution in [3.8, 4) is 0 Å². The Hall–Kier alpha value is -3.48. The summed E-state index contributed by atoms with van der Waals surface area (Å²) in [5, 5.41) is 0. The number of ether oxygens (including phenoxy) is 2. The van der Waals surface area contributed by atoms with Gasteiger partial charge >= 0.3 is 0 Å². The van der Waals surface area contributed by atoms with Crippen molar-refractivity contribution in [1.29, 1.82) is 0 Å². The smallest absolute Gasteiger partial charge is 0.161 e. The zero-order valence-corrected chi connectivity index (χ0v) is 39.8. The molecule has 0 amide bonds. The zero-order valence-electron chi connectivity index (χ0n) is 39.8. The van der Waals surface area contributed by atoms with E-state index in [1.54, 1.807) is 38.1 Å². The largest absolute Gasteiger partial charge is 0.378 e.